The molecule has 0 aliphatic carbocycles. The Balaban J connectivity index is 2.21. The van der Waals surface area contributed by atoms with Gasteiger partial charge in [0.15, 0.2) is 0 Å². The van der Waals surface area contributed by atoms with Gasteiger partial charge in [0.25, 0.3) is 11.8 Å². The van der Waals surface area contributed by atoms with Crippen molar-refractivity contribution in [1.82, 2.24) is 14.8 Å². The Hall–Kier alpha value is -1.79. The van der Waals surface area contributed by atoms with Crippen molar-refractivity contribution in [3.05, 3.63) is 29.6 Å². The minimum Gasteiger partial charge on any atom is -0.387 e. The Morgan fingerprint density at radius 3 is 2.63 bits per heavy atom. The lowest BCUT2D eigenvalue weighted by Gasteiger charge is -2.30. The molecule has 1 N–H and O–H groups in total. The van der Waals surface area contributed by atoms with E-state index in [9.17, 15) is 14.7 Å². The van der Waals surface area contributed by atoms with Crippen molar-refractivity contribution < 1.29 is 14.7 Å². The molecule has 1 unspecified atom stereocenters. The third-order valence-corrected chi connectivity index (χ3v) is 2.89. The molecular formula is C13H17N3O3. The fourth-order valence-corrected chi connectivity index (χ4v) is 2.33. The van der Waals surface area contributed by atoms with E-state index in [4.69, 9.17) is 0 Å². The van der Waals surface area contributed by atoms with Crippen LogP contribution in [0.1, 0.15) is 27.8 Å². The Bertz CT molecular complexity index is 491. The summed E-state index contributed by atoms with van der Waals surface area (Å²) in [6, 6.07) is 3.19. The van der Waals surface area contributed by atoms with Crippen LogP contribution in [0.4, 0.5) is 0 Å². The Morgan fingerprint density at radius 2 is 2.05 bits per heavy atom. The minimum absolute atomic E-state index is 0.0425. The van der Waals surface area contributed by atoms with Crippen LogP contribution in [0.2, 0.25) is 0 Å². The van der Waals surface area contributed by atoms with Gasteiger partial charge >= 0.3 is 0 Å². The lowest BCUT2D eigenvalue weighted by atomic mass is 10.1. The number of hydrogen-bond donors (Lipinski definition) is 1. The van der Waals surface area contributed by atoms with Crippen LogP contribution >= 0.6 is 0 Å². The van der Waals surface area contributed by atoms with Gasteiger partial charge in [-0.2, -0.15) is 0 Å². The molecule has 102 valence electrons. The second-order valence-corrected chi connectivity index (χ2v) is 5.33. The second kappa shape index (κ2) is 4.71. The average Bonchev–Trinajstić information content (AvgIpc) is 2.53. The SMILES string of the molecule is CN(C)CC(C)(O)CN1C(=O)c2cccnc2C1=O. The predicted octanol–water partition coefficient (Wildman–Crippen LogP) is -0.00980. The van der Waals surface area contributed by atoms with Crippen molar-refractivity contribution in [1.29, 1.82) is 0 Å². The molecule has 0 aromatic carbocycles. The van der Waals surface area contributed by atoms with Gasteiger partial charge in [-0.3, -0.25) is 19.5 Å². The lowest BCUT2D eigenvalue weighted by Crippen LogP contribution is -2.49. The van der Waals surface area contributed by atoms with E-state index in [1.165, 1.54) is 6.20 Å². The first-order chi connectivity index (χ1) is 8.82. The molecule has 2 heterocycles. The monoisotopic (exact) mass is 263 g/mol. The maximum atomic E-state index is 12.1. The number of hydrogen-bond acceptors (Lipinski definition) is 5. The average molecular weight is 263 g/mol. The molecule has 0 radical (unpaired) electrons. The summed E-state index contributed by atoms with van der Waals surface area (Å²) in [5.74, 6) is -0.841. The van der Waals surface area contributed by atoms with Crippen LogP contribution in [0.5, 0.6) is 0 Å². The number of aromatic nitrogens is 1. The quantitative estimate of drug-likeness (QED) is 0.773. The van der Waals surface area contributed by atoms with Crippen molar-refractivity contribution in [2.45, 2.75) is 12.5 Å². The number of likely N-dealkylation sites (N-methyl/N-ethyl adjacent to an activating group) is 1. The first kappa shape index (κ1) is 13.6. The van der Waals surface area contributed by atoms with Crippen LogP contribution in [-0.2, 0) is 0 Å². The summed E-state index contributed by atoms with van der Waals surface area (Å²) >= 11 is 0. The topological polar surface area (TPSA) is 73.7 Å². The summed E-state index contributed by atoms with van der Waals surface area (Å²) in [6.07, 6.45) is 1.48. The third-order valence-electron chi connectivity index (χ3n) is 2.89. The summed E-state index contributed by atoms with van der Waals surface area (Å²) in [7, 11) is 3.64. The highest BCUT2D eigenvalue weighted by Crippen LogP contribution is 2.22. The molecule has 19 heavy (non-hydrogen) atoms. The van der Waals surface area contributed by atoms with E-state index in [1.54, 1.807) is 24.0 Å². The summed E-state index contributed by atoms with van der Waals surface area (Å²) in [5, 5.41) is 10.3. The molecule has 1 aliphatic rings. The summed E-state index contributed by atoms with van der Waals surface area (Å²) in [6.45, 7) is 1.91. The van der Waals surface area contributed by atoms with E-state index in [0.29, 0.717) is 12.1 Å². The Kier molecular flexibility index (Phi) is 3.38. The molecule has 1 aliphatic heterocycles. The van der Waals surface area contributed by atoms with E-state index >= 15 is 0 Å². The van der Waals surface area contributed by atoms with Crippen LogP contribution in [0.15, 0.2) is 18.3 Å². The van der Waals surface area contributed by atoms with Crippen molar-refractivity contribution in [2.24, 2.45) is 0 Å². The van der Waals surface area contributed by atoms with E-state index in [-0.39, 0.29) is 12.2 Å². The molecule has 0 saturated carbocycles. The zero-order chi connectivity index (χ0) is 14.2. The molecule has 1 aromatic rings. The number of fused-ring (bicyclic) bond motifs is 1. The highest BCUT2D eigenvalue weighted by Gasteiger charge is 2.40. The van der Waals surface area contributed by atoms with Gasteiger partial charge in [0, 0.05) is 12.7 Å². The smallest absolute Gasteiger partial charge is 0.280 e. The zero-order valence-corrected chi connectivity index (χ0v) is 11.3. The van der Waals surface area contributed by atoms with Gasteiger partial charge in [-0.1, -0.05) is 0 Å². The number of β-amino-alcohol motifs (C(OH)–C–C–N with tert-alkyl or cyclic N) is 1. The van der Waals surface area contributed by atoms with Gasteiger partial charge in [-0.05, 0) is 33.2 Å². The molecule has 2 rings (SSSR count). The van der Waals surface area contributed by atoms with Gasteiger partial charge in [0.05, 0.1) is 17.7 Å². The number of carbonyl (C=O) groups excluding carboxylic acids is 2. The number of aliphatic hydroxyl groups is 1. The number of imide groups is 1. The summed E-state index contributed by atoms with van der Waals surface area (Å²) in [4.78, 5) is 31.0. The minimum atomic E-state index is -1.16. The van der Waals surface area contributed by atoms with E-state index in [2.05, 4.69) is 4.98 Å². The fraction of sp³-hybridized carbons (Fsp3) is 0.462. The molecule has 2 amide bonds. The van der Waals surface area contributed by atoms with Crippen molar-refractivity contribution in [3.8, 4) is 0 Å². The fourth-order valence-electron chi connectivity index (χ4n) is 2.33. The van der Waals surface area contributed by atoms with Gasteiger partial charge in [0.1, 0.15) is 5.69 Å². The molecular weight excluding hydrogens is 246 g/mol. The number of amides is 2. The molecule has 6 heteroatoms. The van der Waals surface area contributed by atoms with Crippen LogP contribution < -0.4 is 0 Å². The predicted molar refractivity (Wildman–Crippen MR) is 68.8 cm³/mol. The number of nitrogens with zero attached hydrogens (tertiary/aromatic N) is 3. The molecule has 0 saturated heterocycles. The van der Waals surface area contributed by atoms with Crippen molar-refractivity contribution >= 4 is 11.8 Å². The van der Waals surface area contributed by atoms with E-state index in [1.807, 2.05) is 14.1 Å². The largest absolute Gasteiger partial charge is 0.387 e. The van der Waals surface area contributed by atoms with Gasteiger partial charge in [-0.15, -0.1) is 0 Å². The lowest BCUT2D eigenvalue weighted by molar-refractivity contribution is 0.00466. The number of pyridine rings is 1. The van der Waals surface area contributed by atoms with Gasteiger partial charge in [-0.25, -0.2) is 0 Å². The zero-order valence-electron chi connectivity index (χ0n) is 11.3. The van der Waals surface area contributed by atoms with Crippen LogP contribution in [0.25, 0.3) is 0 Å². The molecule has 0 spiro atoms. The van der Waals surface area contributed by atoms with E-state index < -0.39 is 17.4 Å². The molecule has 1 aromatic heterocycles. The van der Waals surface area contributed by atoms with Crippen molar-refractivity contribution in [2.75, 3.05) is 27.2 Å². The maximum Gasteiger partial charge on any atom is 0.280 e. The maximum absolute atomic E-state index is 12.1. The van der Waals surface area contributed by atoms with Gasteiger partial charge in [0.2, 0.25) is 0 Å². The Morgan fingerprint density at radius 1 is 1.37 bits per heavy atom. The number of carbonyl (C=O) groups is 2. The normalized spacial score (nSPS) is 17.8. The third kappa shape index (κ3) is 2.64. The van der Waals surface area contributed by atoms with Crippen LogP contribution in [0.3, 0.4) is 0 Å². The first-order valence-electron chi connectivity index (χ1n) is 6.00. The summed E-state index contributed by atoms with van der Waals surface area (Å²) in [5.41, 5.74) is -0.696. The van der Waals surface area contributed by atoms with Crippen molar-refractivity contribution in [3.63, 3.8) is 0 Å². The first-order valence-corrected chi connectivity index (χ1v) is 6.00. The molecule has 6 nitrogen and oxygen atoms in total. The summed E-state index contributed by atoms with van der Waals surface area (Å²) < 4.78 is 0. The van der Waals surface area contributed by atoms with E-state index in [0.717, 1.165) is 4.90 Å². The molecule has 0 bridgehead atoms. The highest BCUT2D eigenvalue weighted by molar-refractivity contribution is 6.20. The number of rotatable bonds is 4. The molecule has 0 fully saturated rings. The Labute approximate surface area is 111 Å². The standard InChI is InChI=1S/C13H17N3O3/c1-13(19,7-15(2)3)8-16-11(17)9-5-4-6-14-10(9)12(16)18/h4-6,19H,7-8H2,1-3H3. The van der Waals surface area contributed by atoms with Crippen LogP contribution in [-0.4, -0.2) is 64.5 Å². The highest BCUT2D eigenvalue weighted by atomic mass is 16.3. The molecule has 1 atom stereocenters. The second-order valence-electron chi connectivity index (χ2n) is 5.33. The van der Waals surface area contributed by atoms with Crippen LogP contribution in [0, 0.1) is 0 Å². The van der Waals surface area contributed by atoms with Gasteiger partial charge < -0.3 is 10.0 Å².